The normalized spacial score (nSPS) is 12.0. The van der Waals surface area contributed by atoms with Crippen molar-refractivity contribution in [2.75, 3.05) is 13.2 Å². The number of carbonyl (C=O) groups excluding carboxylic acids is 3. The fraction of sp³-hybridized carbons (Fsp3) is 0.951. The zero-order valence-corrected chi connectivity index (χ0v) is 45.9. The molecule has 6 heteroatoms. The van der Waals surface area contributed by atoms with Gasteiger partial charge in [-0.2, -0.15) is 0 Å². The Bertz CT molecular complexity index is 1010. The average molecular weight is 948 g/mol. The monoisotopic (exact) mass is 947 g/mol. The van der Waals surface area contributed by atoms with Gasteiger partial charge in [-0.3, -0.25) is 14.4 Å². The van der Waals surface area contributed by atoms with Crippen LogP contribution in [0.15, 0.2) is 0 Å². The van der Waals surface area contributed by atoms with Crippen LogP contribution in [0.1, 0.15) is 349 Å². The highest BCUT2D eigenvalue weighted by molar-refractivity contribution is 5.71. The van der Waals surface area contributed by atoms with Crippen molar-refractivity contribution in [2.45, 2.75) is 355 Å². The number of esters is 3. The standard InChI is InChI=1S/C61H118O6/c1-5-7-9-11-13-15-17-19-21-23-24-26-27-32-36-40-44-48-52-59(62)65-55-58(56-66-60(63)53-49-45-41-37-33-30-29-31-35-39-43-47-51-57(3)4)67-61(64)54-50-46-42-38-34-28-25-22-20-18-16-14-12-10-8-6-2/h57-58H,5-56H2,1-4H3/t58-/m1/s1. The maximum absolute atomic E-state index is 12.9. The molecule has 0 bridgehead atoms. The van der Waals surface area contributed by atoms with Crippen molar-refractivity contribution < 1.29 is 28.6 Å². The lowest BCUT2D eigenvalue weighted by Crippen LogP contribution is -2.30. The highest BCUT2D eigenvalue weighted by Gasteiger charge is 2.19. The maximum atomic E-state index is 12.9. The van der Waals surface area contributed by atoms with Crippen molar-refractivity contribution in [2.24, 2.45) is 5.92 Å². The largest absolute Gasteiger partial charge is 0.462 e. The fourth-order valence-electron chi connectivity index (χ4n) is 9.46. The lowest BCUT2D eigenvalue weighted by molar-refractivity contribution is -0.167. The summed E-state index contributed by atoms with van der Waals surface area (Å²) < 4.78 is 16.9. The van der Waals surface area contributed by atoms with Gasteiger partial charge in [-0.15, -0.1) is 0 Å². The molecule has 0 aromatic heterocycles. The third-order valence-corrected chi connectivity index (χ3v) is 14.0. The van der Waals surface area contributed by atoms with Gasteiger partial charge in [0.05, 0.1) is 0 Å². The molecule has 0 unspecified atom stereocenters. The van der Waals surface area contributed by atoms with Crippen LogP contribution >= 0.6 is 0 Å². The van der Waals surface area contributed by atoms with Crippen LogP contribution in [0.2, 0.25) is 0 Å². The quantitative estimate of drug-likeness (QED) is 0.0343. The molecule has 0 heterocycles. The minimum atomic E-state index is -0.762. The number of rotatable bonds is 56. The van der Waals surface area contributed by atoms with Crippen molar-refractivity contribution >= 4 is 17.9 Å². The van der Waals surface area contributed by atoms with Crippen molar-refractivity contribution in [1.82, 2.24) is 0 Å². The van der Waals surface area contributed by atoms with Gasteiger partial charge in [-0.1, -0.05) is 310 Å². The molecular weight excluding hydrogens is 829 g/mol. The number of ether oxygens (including phenoxy) is 3. The summed E-state index contributed by atoms with van der Waals surface area (Å²) in [6.45, 7) is 9.07. The summed E-state index contributed by atoms with van der Waals surface area (Å²) in [5.41, 5.74) is 0. The van der Waals surface area contributed by atoms with E-state index in [-0.39, 0.29) is 31.1 Å². The predicted molar refractivity (Wildman–Crippen MR) is 289 cm³/mol. The molecule has 67 heavy (non-hydrogen) atoms. The molecule has 0 spiro atoms. The Labute approximate surface area is 418 Å². The Balaban J connectivity index is 4.29. The Hall–Kier alpha value is -1.59. The molecule has 0 radical (unpaired) electrons. The first-order valence-electron chi connectivity index (χ1n) is 30.4. The van der Waals surface area contributed by atoms with Gasteiger partial charge in [-0.25, -0.2) is 0 Å². The summed E-state index contributed by atoms with van der Waals surface area (Å²) in [4.78, 5) is 38.2. The minimum Gasteiger partial charge on any atom is -0.462 e. The number of hydrogen-bond donors (Lipinski definition) is 0. The number of carbonyl (C=O) groups is 3. The van der Waals surface area contributed by atoms with E-state index >= 15 is 0 Å². The van der Waals surface area contributed by atoms with Crippen LogP contribution < -0.4 is 0 Å². The van der Waals surface area contributed by atoms with E-state index in [0.29, 0.717) is 19.3 Å². The van der Waals surface area contributed by atoms with Crippen LogP contribution in [-0.2, 0) is 28.6 Å². The maximum Gasteiger partial charge on any atom is 0.306 e. The Morgan fingerprint density at radius 2 is 0.493 bits per heavy atom. The highest BCUT2D eigenvalue weighted by atomic mass is 16.6. The van der Waals surface area contributed by atoms with Gasteiger partial charge in [-0.05, 0) is 25.2 Å². The predicted octanol–water partition coefficient (Wildman–Crippen LogP) is 20.2. The number of hydrogen-bond acceptors (Lipinski definition) is 6. The Morgan fingerprint density at radius 3 is 0.731 bits per heavy atom. The zero-order valence-electron chi connectivity index (χ0n) is 45.9. The third-order valence-electron chi connectivity index (χ3n) is 14.0. The van der Waals surface area contributed by atoms with Gasteiger partial charge in [0.1, 0.15) is 13.2 Å². The molecule has 0 aromatic rings. The van der Waals surface area contributed by atoms with Crippen molar-refractivity contribution in [3.8, 4) is 0 Å². The van der Waals surface area contributed by atoms with Crippen LogP contribution in [-0.4, -0.2) is 37.2 Å². The molecule has 398 valence electrons. The SMILES string of the molecule is CCCCCCCCCCCCCCCCCCCCC(=O)OC[C@H](COC(=O)CCCCCCCCCCCCCCC(C)C)OC(=O)CCCCCCCCCCCCCCCCCC. The van der Waals surface area contributed by atoms with Crippen LogP contribution in [0.5, 0.6) is 0 Å². The Kier molecular flexibility index (Phi) is 54.0. The van der Waals surface area contributed by atoms with E-state index in [4.69, 9.17) is 14.2 Å². The van der Waals surface area contributed by atoms with Gasteiger partial charge in [0.2, 0.25) is 0 Å². The van der Waals surface area contributed by atoms with E-state index in [1.54, 1.807) is 0 Å². The zero-order chi connectivity index (χ0) is 48.8. The van der Waals surface area contributed by atoms with E-state index in [0.717, 1.165) is 63.7 Å². The summed E-state index contributed by atoms with van der Waals surface area (Å²) in [5, 5.41) is 0. The van der Waals surface area contributed by atoms with Gasteiger partial charge in [0, 0.05) is 19.3 Å². The van der Waals surface area contributed by atoms with Crippen molar-refractivity contribution in [1.29, 1.82) is 0 Å². The average Bonchev–Trinajstić information content (AvgIpc) is 3.31. The van der Waals surface area contributed by atoms with Crippen LogP contribution in [0.4, 0.5) is 0 Å². The van der Waals surface area contributed by atoms with Crippen molar-refractivity contribution in [3.05, 3.63) is 0 Å². The van der Waals surface area contributed by atoms with E-state index in [1.165, 1.54) is 244 Å². The van der Waals surface area contributed by atoms with Crippen LogP contribution in [0.3, 0.4) is 0 Å². The molecule has 0 N–H and O–H groups in total. The second-order valence-electron chi connectivity index (χ2n) is 21.5. The molecule has 1 atom stereocenters. The summed E-state index contributed by atoms with van der Waals surface area (Å²) in [5.74, 6) is 0.00224. The van der Waals surface area contributed by atoms with Crippen LogP contribution in [0.25, 0.3) is 0 Å². The van der Waals surface area contributed by atoms with E-state index in [2.05, 4.69) is 27.7 Å². The molecule has 0 saturated carbocycles. The second-order valence-corrected chi connectivity index (χ2v) is 21.5. The van der Waals surface area contributed by atoms with Gasteiger partial charge in [0.25, 0.3) is 0 Å². The smallest absolute Gasteiger partial charge is 0.306 e. The topological polar surface area (TPSA) is 78.9 Å². The summed E-state index contributed by atoms with van der Waals surface area (Å²) in [6, 6.07) is 0. The summed E-state index contributed by atoms with van der Waals surface area (Å²) >= 11 is 0. The molecule has 0 aromatic carbocycles. The van der Waals surface area contributed by atoms with Crippen LogP contribution in [0, 0.1) is 5.92 Å². The molecule has 0 amide bonds. The molecular formula is C61H118O6. The minimum absolute atomic E-state index is 0.0615. The number of unbranched alkanes of at least 4 members (excludes halogenated alkanes) is 43. The molecule has 6 nitrogen and oxygen atoms in total. The van der Waals surface area contributed by atoms with Gasteiger partial charge >= 0.3 is 17.9 Å². The first-order chi connectivity index (χ1) is 32.9. The van der Waals surface area contributed by atoms with E-state index < -0.39 is 6.10 Å². The summed E-state index contributed by atoms with van der Waals surface area (Å²) in [6.07, 6.45) is 61.0. The highest BCUT2D eigenvalue weighted by Crippen LogP contribution is 2.18. The molecule has 0 rings (SSSR count). The van der Waals surface area contributed by atoms with E-state index in [1.807, 2.05) is 0 Å². The molecule has 0 aliphatic rings. The first kappa shape index (κ1) is 65.4. The molecule has 0 aliphatic heterocycles. The second kappa shape index (κ2) is 55.3. The van der Waals surface area contributed by atoms with Crippen molar-refractivity contribution in [3.63, 3.8) is 0 Å². The van der Waals surface area contributed by atoms with E-state index in [9.17, 15) is 14.4 Å². The third kappa shape index (κ3) is 55.2. The van der Waals surface area contributed by atoms with Gasteiger partial charge < -0.3 is 14.2 Å². The summed E-state index contributed by atoms with van der Waals surface area (Å²) in [7, 11) is 0. The molecule has 0 saturated heterocycles. The first-order valence-corrected chi connectivity index (χ1v) is 30.4. The lowest BCUT2D eigenvalue weighted by atomic mass is 10.0. The van der Waals surface area contributed by atoms with Gasteiger partial charge in [0.15, 0.2) is 6.10 Å². The fourth-order valence-corrected chi connectivity index (χ4v) is 9.46. The molecule has 0 aliphatic carbocycles. The molecule has 0 fully saturated rings. The lowest BCUT2D eigenvalue weighted by Gasteiger charge is -2.18. The Morgan fingerprint density at radius 1 is 0.284 bits per heavy atom.